The maximum Gasteiger partial charge on any atom is 0.220 e. The number of benzene rings is 1. The van der Waals surface area contributed by atoms with Crippen molar-refractivity contribution in [1.29, 1.82) is 0 Å². The molecule has 1 atom stereocenters. The third-order valence-corrected chi connectivity index (χ3v) is 4.99. The first kappa shape index (κ1) is 20.2. The van der Waals surface area contributed by atoms with Crippen LogP contribution in [0.15, 0.2) is 24.3 Å². The number of nitrogens with one attached hydrogen (secondary N) is 1. The molecule has 0 spiro atoms. The topological polar surface area (TPSA) is 68.0 Å². The van der Waals surface area contributed by atoms with E-state index in [1.54, 1.807) is 11.3 Å². The van der Waals surface area contributed by atoms with Gasteiger partial charge in [-0.25, -0.2) is 4.98 Å². The van der Waals surface area contributed by atoms with Crippen molar-refractivity contribution in [3.8, 4) is 0 Å². The van der Waals surface area contributed by atoms with Crippen molar-refractivity contribution in [2.24, 2.45) is 11.7 Å². The summed E-state index contributed by atoms with van der Waals surface area (Å²) in [4.78, 5) is 16.4. The lowest BCUT2D eigenvalue weighted by atomic mass is 10.2. The number of nitrogens with two attached hydrogens (primary N) is 1. The Labute approximate surface area is 153 Å². The highest BCUT2D eigenvalue weighted by Gasteiger charge is 2.28. The van der Waals surface area contributed by atoms with E-state index < -0.39 is 0 Å². The summed E-state index contributed by atoms with van der Waals surface area (Å²) in [6, 6.07) is 8.28. The molecule has 2 aromatic rings. The minimum Gasteiger partial charge on any atom is -0.355 e. The largest absolute Gasteiger partial charge is 0.355 e. The van der Waals surface area contributed by atoms with Crippen molar-refractivity contribution >= 4 is 52.3 Å². The second kappa shape index (κ2) is 9.42. The number of rotatable bonds is 7. The summed E-state index contributed by atoms with van der Waals surface area (Å²) in [6.07, 6.45) is 4.68. The molecule has 1 fully saturated rings. The van der Waals surface area contributed by atoms with Gasteiger partial charge in [0.2, 0.25) is 5.91 Å². The molecule has 128 valence electrons. The summed E-state index contributed by atoms with van der Waals surface area (Å²) in [5.74, 6) is 0.736. The van der Waals surface area contributed by atoms with E-state index in [0.29, 0.717) is 18.9 Å². The summed E-state index contributed by atoms with van der Waals surface area (Å²) in [6.45, 7) is 0.616. The maximum atomic E-state index is 11.8. The Balaban J connectivity index is 0.00000132. The number of aromatic nitrogens is 1. The van der Waals surface area contributed by atoms with Gasteiger partial charge >= 0.3 is 0 Å². The molecule has 0 radical (unpaired) electrons. The van der Waals surface area contributed by atoms with E-state index in [1.165, 1.54) is 17.5 Å². The van der Waals surface area contributed by atoms with E-state index in [0.717, 1.165) is 23.4 Å². The van der Waals surface area contributed by atoms with Crippen LogP contribution in [0.4, 0.5) is 0 Å². The number of hydrogen-bond donors (Lipinski definition) is 2. The van der Waals surface area contributed by atoms with Crippen LogP contribution in [-0.4, -0.2) is 23.5 Å². The van der Waals surface area contributed by atoms with Crippen molar-refractivity contribution in [2.75, 3.05) is 6.54 Å². The van der Waals surface area contributed by atoms with Gasteiger partial charge < -0.3 is 11.1 Å². The van der Waals surface area contributed by atoms with Crippen LogP contribution in [-0.2, 0) is 11.2 Å². The number of fused-ring (bicyclic) bond motifs is 1. The van der Waals surface area contributed by atoms with Crippen LogP contribution in [0, 0.1) is 5.92 Å². The fourth-order valence-electron chi connectivity index (χ4n) is 2.44. The molecule has 1 aliphatic carbocycles. The van der Waals surface area contributed by atoms with E-state index in [1.807, 2.05) is 18.2 Å². The predicted molar refractivity (Wildman–Crippen MR) is 101 cm³/mol. The average molecular weight is 376 g/mol. The first-order valence-corrected chi connectivity index (χ1v) is 8.41. The average Bonchev–Trinajstić information content (AvgIpc) is 3.25. The summed E-state index contributed by atoms with van der Waals surface area (Å²) < 4.78 is 1.22. The standard InChI is InChI=1S/C16H21N3OS.2ClH/c17-12(11-8-9-11)10-18-15(20)6-3-7-16-19-13-4-1-2-5-14(13)21-16;;/h1-2,4-5,11-12H,3,6-10,17H2,(H,18,20);2*1H. The Morgan fingerprint density at radius 3 is 2.78 bits per heavy atom. The lowest BCUT2D eigenvalue weighted by Gasteiger charge is -2.11. The highest BCUT2D eigenvalue weighted by atomic mass is 35.5. The predicted octanol–water partition coefficient (Wildman–Crippen LogP) is 3.32. The van der Waals surface area contributed by atoms with Gasteiger partial charge in [-0.05, 0) is 43.7 Å². The molecule has 3 N–H and O–H groups in total. The van der Waals surface area contributed by atoms with Crippen molar-refractivity contribution in [3.05, 3.63) is 29.3 Å². The Morgan fingerprint density at radius 1 is 1.35 bits per heavy atom. The molecule has 1 aliphatic rings. The maximum absolute atomic E-state index is 11.8. The zero-order chi connectivity index (χ0) is 14.7. The molecular weight excluding hydrogens is 353 g/mol. The van der Waals surface area contributed by atoms with Crippen molar-refractivity contribution in [1.82, 2.24) is 10.3 Å². The first-order valence-electron chi connectivity index (χ1n) is 7.59. The first-order chi connectivity index (χ1) is 10.2. The fourth-order valence-corrected chi connectivity index (χ4v) is 3.45. The van der Waals surface area contributed by atoms with Gasteiger partial charge in [0.15, 0.2) is 0 Å². The van der Waals surface area contributed by atoms with E-state index >= 15 is 0 Å². The van der Waals surface area contributed by atoms with Crippen LogP contribution in [0.3, 0.4) is 0 Å². The third kappa shape index (κ3) is 5.92. The number of carbonyl (C=O) groups excluding carboxylic acids is 1. The van der Waals surface area contributed by atoms with Gasteiger partial charge in [0.1, 0.15) is 0 Å². The lowest BCUT2D eigenvalue weighted by Crippen LogP contribution is -2.38. The molecule has 7 heteroatoms. The fraction of sp³-hybridized carbons (Fsp3) is 0.500. The van der Waals surface area contributed by atoms with Crippen LogP contribution in [0.2, 0.25) is 0 Å². The summed E-state index contributed by atoms with van der Waals surface area (Å²) in [5.41, 5.74) is 7.02. The van der Waals surface area contributed by atoms with Gasteiger partial charge in [0.25, 0.3) is 0 Å². The normalized spacial score (nSPS) is 14.7. The van der Waals surface area contributed by atoms with E-state index in [-0.39, 0.29) is 36.8 Å². The number of para-hydroxylation sites is 1. The van der Waals surface area contributed by atoms with Gasteiger partial charge in [-0.2, -0.15) is 0 Å². The molecule has 1 aromatic carbocycles. The Hall–Kier alpha value is -0.880. The van der Waals surface area contributed by atoms with Crippen LogP contribution >= 0.6 is 36.2 Å². The second-order valence-electron chi connectivity index (χ2n) is 5.73. The minimum absolute atomic E-state index is 0. The molecule has 4 nitrogen and oxygen atoms in total. The quantitative estimate of drug-likeness (QED) is 0.779. The summed E-state index contributed by atoms with van der Waals surface area (Å²) in [5, 5.41) is 4.05. The van der Waals surface area contributed by atoms with Crippen LogP contribution in [0.25, 0.3) is 10.2 Å². The number of nitrogens with zero attached hydrogens (tertiary/aromatic N) is 1. The molecule has 1 unspecified atom stereocenters. The van der Waals surface area contributed by atoms with Gasteiger partial charge in [0, 0.05) is 19.0 Å². The highest BCUT2D eigenvalue weighted by Crippen LogP contribution is 2.31. The van der Waals surface area contributed by atoms with Gasteiger partial charge in [0.05, 0.1) is 15.2 Å². The molecule has 3 rings (SSSR count). The SMILES string of the molecule is Cl.Cl.NC(CNC(=O)CCCc1nc2ccccc2s1)C1CC1. The zero-order valence-corrected chi connectivity index (χ0v) is 15.3. The Bertz CT molecular complexity index is 598. The molecule has 23 heavy (non-hydrogen) atoms. The van der Waals surface area contributed by atoms with Crippen LogP contribution < -0.4 is 11.1 Å². The molecule has 0 bridgehead atoms. The second-order valence-corrected chi connectivity index (χ2v) is 6.85. The molecule has 1 aromatic heterocycles. The number of aryl methyl sites for hydroxylation is 1. The molecule has 0 aliphatic heterocycles. The monoisotopic (exact) mass is 375 g/mol. The molecule has 1 amide bonds. The van der Waals surface area contributed by atoms with Crippen LogP contribution in [0.1, 0.15) is 30.7 Å². The van der Waals surface area contributed by atoms with Crippen molar-refractivity contribution in [3.63, 3.8) is 0 Å². The highest BCUT2D eigenvalue weighted by molar-refractivity contribution is 7.18. The smallest absolute Gasteiger partial charge is 0.220 e. The minimum atomic E-state index is 0. The summed E-state index contributed by atoms with van der Waals surface area (Å²) in [7, 11) is 0. The number of thiazole rings is 1. The Morgan fingerprint density at radius 2 is 2.09 bits per heavy atom. The zero-order valence-electron chi connectivity index (χ0n) is 12.9. The molecule has 0 saturated heterocycles. The molecule has 1 heterocycles. The number of halogens is 2. The van der Waals surface area contributed by atoms with Crippen molar-refractivity contribution < 1.29 is 4.79 Å². The number of amides is 1. The van der Waals surface area contributed by atoms with Crippen molar-refractivity contribution in [2.45, 2.75) is 38.1 Å². The summed E-state index contributed by atoms with van der Waals surface area (Å²) >= 11 is 1.72. The van der Waals surface area contributed by atoms with Gasteiger partial charge in [-0.15, -0.1) is 36.2 Å². The van der Waals surface area contributed by atoms with Gasteiger partial charge in [-0.1, -0.05) is 12.1 Å². The number of carbonyl (C=O) groups is 1. The third-order valence-electron chi connectivity index (χ3n) is 3.90. The van der Waals surface area contributed by atoms with E-state index in [9.17, 15) is 4.79 Å². The van der Waals surface area contributed by atoms with E-state index in [4.69, 9.17) is 5.73 Å². The van der Waals surface area contributed by atoms with Crippen LogP contribution in [0.5, 0.6) is 0 Å². The lowest BCUT2D eigenvalue weighted by molar-refractivity contribution is -0.121. The Kier molecular flexibility index (Phi) is 8.26. The number of hydrogen-bond acceptors (Lipinski definition) is 4. The molecular formula is C16H23Cl2N3OS. The van der Waals surface area contributed by atoms with Gasteiger partial charge in [-0.3, -0.25) is 4.79 Å². The van der Waals surface area contributed by atoms with E-state index in [2.05, 4.69) is 16.4 Å². The molecule has 1 saturated carbocycles.